The molecule has 0 unspecified atom stereocenters. The summed E-state index contributed by atoms with van der Waals surface area (Å²) in [5, 5.41) is 14.5. The Morgan fingerprint density at radius 3 is 2.48 bits per heavy atom. The van der Waals surface area contributed by atoms with Crippen LogP contribution in [0.2, 0.25) is 0 Å². The number of hydrogen-bond donors (Lipinski definition) is 1. The first kappa shape index (κ1) is 18.7. The minimum absolute atomic E-state index is 0.0429. The monoisotopic (exact) mass is 392 g/mol. The van der Waals surface area contributed by atoms with Crippen molar-refractivity contribution in [3.63, 3.8) is 0 Å². The summed E-state index contributed by atoms with van der Waals surface area (Å²) in [6.07, 6.45) is 1.37. The highest BCUT2D eigenvalue weighted by atomic mass is 16.5. The lowest BCUT2D eigenvalue weighted by molar-refractivity contribution is -0.117. The van der Waals surface area contributed by atoms with Crippen LogP contribution < -0.4 is 4.90 Å². The van der Waals surface area contributed by atoms with Gasteiger partial charge in [-0.1, -0.05) is 43.3 Å². The lowest BCUT2D eigenvalue weighted by Crippen LogP contribution is -2.31. The van der Waals surface area contributed by atoms with Crippen LogP contribution in [-0.2, 0) is 4.79 Å². The average molecular weight is 392 g/mol. The van der Waals surface area contributed by atoms with Crippen LogP contribution in [0, 0.1) is 6.92 Å². The third-order valence-electron chi connectivity index (χ3n) is 4.98. The first-order chi connectivity index (χ1) is 13.9. The highest BCUT2D eigenvalue weighted by Crippen LogP contribution is 2.41. The summed E-state index contributed by atoms with van der Waals surface area (Å²) in [5.41, 5.74) is 1.74. The van der Waals surface area contributed by atoms with Crippen molar-refractivity contribution in [3.8, 4) is 0 Å². The maximum atomic E-state index is 13.1. The Hall–Kier alpha value is -3.61. The quantitative estimate of drug-likeness (QED) is 0.643. The fourth-order valence-electron chi connectivity index (χ4n) is 3.46. The Kier molecular flexibility index (Phi) is 4.58. The molecular formula is C22H20N2O5. The number of nitrogens with zero attached hydrogens (tertiary/aromatic N) is 2. The van der Waals surface area contributed by atoms with E-state index < -0.39 is 23.5 Å². The van der Waals surface area contributed by atoms with Crippen molar-refractivity contribution in [2.24, 2.45) is 0 Å². The molecule has 29 heavy (non-hydrogen) atoms. The van der Waals surface area contributed by atoms with Gasteiger partial charge in [-0.3, -0.25) is 14.5 Å². The van der Waals surface area contributed by atoms with E-state index in [0.717, 1.165) is 5.56 Å². The van der Waals surface area contributed by atoms with Crippen molar-refractivity contribution < 1.29 is 23.6 Å². The van der Waals surface area contributed by atoms with E-state index in [1.54, 1.807) is 19.1 Å². The number of aromatic nitrogens is 1. The predicted molar refractivity (Wildman–Crippen MR) is 105 cm³/mol. The van der Waals surface area contributed by atoms with Gasteiger partial charge in [-0.15, -0.1) is 0 Å². The van der Waals surface area contributed by atoms with E-state index in [-0.39, 0.29) is 17.2 Å². The van der Waals surface area contributed by atoms with Crippen molar-refractivity contribution in [1.29, 1.82) is 0 Å². The van der Waals surface area contributed by atoms with E-state index >= 15 is 0 Å². The molecule has 0 bridgehead atoms. The van der Waals surface area contributed by atoms with E-state index in [2.05, 4.69) is 19.0 Å². The van der Waals surface area contributed by atoms with Crippen molar-refractivity contribution >= 4 is 17.5 Å². The number of hydrogen-bond acceptors (Lipinski definition) is 6. The van der Waals surface area contributed by atoms with E-state index in [1.807, 2.05) is 24.3 Å². The molecule has 3 heterocycles. The second-order valence-electron chi connectivity index (χ2n) is 7.26. The number of aliphatic hydroxyl groups is 1. The van der Waals surface area contributed by atoms with E-state index in [1.165, 1.54) is 17.2 Å². The number of furan rings is 1. The first-order valence-electron chi connectivity index (χ1n) is 9.26. The number of ketones is 1. The van der Waals surface area contributed by atoms with Gasteiger partial charge in [-0.2, -0.15) is 0 Å². The van der Waals surface area contributed by atoms with Gasteiger partial charge in [0, 0.05) is 6.07 Å². The molecule has 0 fully saturated rings. The molecule has 1 amide bonds. The zero-order chi connectivity index (χ0) is 20.7. The number of aliphatic hydroxyl groups excluding tert-OH is 1. The second kappa shape index (κ2) is 7.09. The van der Waals surface area contributed by atoms with Crippen LogP contribution in [-0.4, -0.2) is 22.0 Å². The summed E-state index contributed by atoms with van der Waals surface area (Å²) < 4.78 is 10.3. The molecule has 7 heteroatoms. The largest absolute Gasteiger partial charge is 0.503 e. The molecule has 1 aromatic carbocycles. The van der Waals surface area contributed by atoms with Gasteiger partial charge in [-0.05, 0) is 36.1 Å². The number of anilines is 1. The van der Waals surface area contributed by atoms with Crippen molar-refractivity contribution in [2.75, 3.05) is 4.90 Å². The van der Waals surface area contributed by atoms with Gasteiger partial charge in [0.1, 0.15) is 5.76 Å². The number of amides is 1. The zero-order valence-electron chi connectivity index (χ0n) is 16.2. The molecule has 148 valence electrons. The van der Waals surface area contributed by atoms with Gasteiger partial charge in [-0.25, -0.2) is 0 Å². The van der Waals surface area contributed by atoms with Gasteiger partial charge in [0.05, 0.1) is 17.9 Å². The van der Waals surface area contributed by atoms with E-state index in [4.69, 9.17) is 8.94 Å². The van der Waals surface area contributed by atoms with Crippen LogP contribution in [0.4, 0.5) is 5.82 Å². The van der Waals surface area contributed by atoms with Crippen molar-refractivity contribution in [3.05, 3.63) is 82.7 Å². The minimum Gasteiger partial charge on any atom is -0.503 e. The molecule has 7 nitrogen and oxygen atoms in total. The Balaban J connectivity index is 1.85. The summed E-state index contributed by atoms with van der Waals surface area (Å²) in [6.45, 7) is 5.86. The SMILES string of the molecule is Cc1cc(N2C(=O)C(O)=C(C(=O)c3ccco3)[C@@H]2c2ccc(C(C)C)cc2)no1. The number of Topliss-reactive ketones (excluding diaryl/α,β-unsaturated/α-hetero) is 1. The second-order valence-corrected chi connectivity index (χ2v) is 7.26. The molecule has 0 radical (unpaired) electrons. The molecule has 4 rings (SSSR count). The normalized spacial score (nSPS) is 16.9. The van der Waals surface area contributed by atoms with Crippen LogP contribution in [0.3, 0.4) is 0 Å². The molecule has 0 saturated heterocycles. The Labute approximate surface area is 167 Å². The van der Waals surface area contributed by atoms with Crippen LogP contribution in [0.1, 0.15) is 53.2 Å². The topological polar surface area (TPSA) is 96.8 Å². The molecule has 1 N–H and O–H groups in total. The van der Waals surface area contributed by atoms with E-state index in [9.17, 15) is 14.7 Å². The predicted octanol–water partition coefficient (Wildman–Crippen LogP) is 4.48. The Morgan fingerprint density at radius 1 is 1.21 bits per heavy atom. The summed E-state index contributed by atoms with van der Waals surface area (Å²) >= 11 is 0. The molecule has 2 aromatic heterocycles. The van der Waals surface area contributed by atoms with Crippen molar-refractivity contribution in [2.45, 2.75) is 32.7 Å². The summed E-state index contributed by atoms with van der Waals surface area (Å²) in [7, 11) is 0. The molecule has 0 aliphatic carbocycles. The number of carbonyl (C=O) groups is 2. The van der Waals surface area contributed by atoms with Gasteiger partial charge < -0.3 is 14.0 Å². The molecule has 0 saturated carbocycles. The third-order valence-corrected chi connectivity index (χ3v) is 4.98. The Morgan fingerprint density at radius 2 is 1.93 bits per heavy atom. The maximum absolute atomic E-state index is 13.1. The third kappa shape index (κ3) is 3.14. The fraction of sp³-hybridized carbons (Fsp3) is 0.227. The molecule has 0 spiro atoms. The molecular weight excluding hydrogens is 372 g/mol. The molecule has 1 aliphatic rings. The van der Waals surface area contributed by atoms with Crippen LogP contribution in [0.15, 0.2) is 69.0 Å². The lowest BCUT2D eigenvalue weighted by atomic mass is 9.93. The standard InChI is InChI=1S/C22H20N2O5/c1-12(2)14-6-8-15(9-7-14)19-18(20(25)16-5-4-10-28-16)21(26)22(27)24(19)17-11-13(3)29-23-17/h4-12,19,26H,1-3H3/t19-/m0/s1. The smallest absolute Gasteiger partial charge is 0.295 e. The summed E-state index contributed by atoms with van der Waals surface area (Å²) in [5.74, 6) is -0.790. The number of carbonyl (C=O) groups excluding carboxylic acids is 2. The lowest BCUT2D eigenvalue weighted by Gasteiger charge is -2.24. The summed E-state index contributed by atoms with van der Waals surface area (Å²) in [6, 6.07) is 11.4. The number of rotatable bonds is 5. The molecule has 1 aliphatic heterocycles. The summed E-state index contributed by atoms with van der Waals surface area (Å²) in [4.78, 5) is 27.3. The molecule has 3 aromatic rings. The van der Waals surface area contributed by atoms with Gasteiger partial charge >= 0.3 is 0 Å². The maximum Gasteiger partial charge on any atom is 0.295 e. The van der Waals surface area contributed by atoms with Crippen molar-refractivity contribution in [1.82, 2.24) is 5.16 Å². The minimum atomic E-state index is -0.856. The van der Waals surface area contributed by atoms with Crippen LogP contribution >= 0.6 is 0 Å². The highest BCUT2D eigenvalue weighted by Gasteiger charge is 2.46. The first-order valence-corrected chi connectivity index (χ1v) is 9.26. The highest BCUT2D eigenvalue weighted by molar-refractivity contribution is 6.19. The van der Waals surface area contributed by atoms with Crippen LogP contribution in [0.5, 0.6) is 0 Å². The number of benzene rings is 1. The molecule has 1 atom stereocenters. The number of aryl methyl sites for hydroxylation is 1. The Bertz CT molecular complexity index is 1090. The van der Waals surface area contributed by atoms with Crippen LogP contribution in [0.25, 0.3) is 0 Å². The van der Waals surface area contributed by atoms with Gasteiger partial charge in [0.2, 0.25) is 5.78 Å². The zero-order valence-corrected chi connectivity index (χ0v) is 16.2. The van der Waals surface area contributed by atoms with Gasteiger partial charge in [0.15, 0.2) is 17.3 Å². The van der Waals surface area contributed by atoms with Gasteiger partial charge in [0.25, 0.3) is 5.91 Å². The van der Waals surface area contributed by atoms with E-state index in [0.29, 0.717) is 17.2 Å². The fourth-order valence-corrected chi connectivity index (χ4v) is 3.46. The average Bonchev–Trinajstić information content (AvgIpc) is 3.43.